The third-order valence-electron chi connectivity index (χ3n) is 6.57. The molecule has 0 unspecified atom stereocenters. The van der Waals surface area contributed by atoms with E-state index in [1.165, 1.54) is 62.3 Å². The number of nitrogens with zero attached hydrogens (tertiary/aromatic N) is 3. The Morgan fingerprint density at radius 2 is 1.94 bits per heavy atom. The fourth-order valence-electron chi connectivity index (χ4n) is 4.57. The van der Waals surface area contributed by atoms with Crippen LogP contribution < -0.4 is 5.32 Å². The molecule has 1 aliphatic carbocycles. The smallest absolute Gasteiger partial charge is 0.341 e. The van der Waals surface area contributed by atoms with E-state index in [4.69, 9.17) is 4.74 Å². The van der Waals surface area contributed by atoms with Crippen molar-refractivity contribution >= 4 is 40.0 Å². The van der Waals surface area contributed by atoms with Gasteiger partial charge < -0.3 is 14.6 Å². The molecule has 1 N–H and O–H groups in total. The van der Waals surface area contributed by atoms with Crippen LogP contribution >= 0.6 is 23.1 Å². The summed E-state index contributed by atoms with van der Waals surface area (Å²) in [7, 11) is 3.32. The monoisotopic (exact) mass is 512 g/mol. The molecule has 0 saturated heterocycles. The predicted molar refractivity (Wildman–Crippen MR) is 141 cm³/mol. The number of thiophene rings is 1. The topological polar surface area (TPSA) is 86.1 Å². The van der Waals surface area contributed by atoms with E-state index in [2.05, 4.69) is 15.5 Å². The Morgan fingerprint density at radius 1 is 1.17 bits per heavy atom. The Bertz CT molecular complexity index is 1210. The second-order valence-corrected chi connectivity index (χ2v) is 11.0. The number of hydrogen-bond acceptors (Lipinski definition) is 7. The number of aryl methyl sites for hydroxylation is 2. The Balaban J connectivity index is 1.44. The van der Waals surface area contributed by atoms with E-state index in [0.29, 0.717) is 16.5 Å². The summed E-state index contributed by atoms with van der Waals surface area (Å²) in [6.07, 6.45) is 7.38. The van der Waals surface area contributed by atoms with Crippen LogP contribution in [0.25, 0.3) is 11.1 Å². The molecule has 2 aromatic heterocycles. The number of rotatable bonds is 8. The number of aromatic nitrogens is 3. The Hall–Kier alpha value is -2.65. The number of methoxy groups -OCH3 is 1. The number of ether oxygens (including phenoxy) is 1. The molecule has 0 bridgehead atoms. The van der Waals surface area contributed by atoms with Gasteiger partial charge in [-0.2, -0.15) is 0 Å². The summed E-state index contributed by atoms with van der Waals surface area (Å²) in [6, 6.07) is 6.11. The molecule has 0 spiro atoms. The van der Waals surface area contributed by atoms with Crippen LogP contribution in [0.15, 0.2) is 28.7 Å². The van der Waals surface area contributed by atoms with E-state index >= 15 is 0 Å². The number of nitrogens with one attached hydrogen (secondary N) is 1. The molecular weight excluding hydrogens is 480 g/mol. The van der Waals surface area contributed by atoms with Crippen molar-refractivity contribution in [3.8, 4) is 11.1 Å². The van der Waals surface area contributed by atoms with Crippen LogP contribution in [-0.4, -0.2) is 39.5 Å². The van der Waals surface area contributed by atoms with Gasteiger partial charge in [-0.25, -0.2) is 4.79 Å². The van der Waals surface area contributed by atoms with Gasteiger partial charge in [-0.15, -0.1) is 21.5 Å². The fraction of sp³-hybridized carbons (Fsp3) is 0.462. The average molecular weight is 513 g/mol. The zero-order chi connectivity index (χ0) is 24.9. The van der Waals surface area contributed by atoms with Gasteiger partial charge >= 0.3 is 5.97 Å². The molecule has 3 aromatic rings. The van der Waals surface area contributed by atoms with Crippen molar-refractivity contribution in [2.75, 3.05) is 18.2 Å². The lowest BCUT2D eigenvalue weighted by Crippen LogP contribution is -2.16. The first-order valence-corrected chi connectivity index (χ1v) is 13.8. The summed E-state index contributed by atoms with van der Waals surface area (Å²) < 4.78 is 7.05. The number of amides is 1. The highest BCUT2D eigenvalue weighted by atomic mass is 32.2. The SMILES string of the molecule is COC(=O)c1c(-c2cc(C)ccc2C)csc1NC(=O)CSc1nnc(CC2CCCCC2)n1C. The predicted octanol–water partition coefficient (Wildman–Crippen LogP) is 5.80. The van der Waals surface area contributed by atoms with Crippen LogP contribution in [0, 0.1) is 19.8 Å². The van der Waals surface area contributed by atoms with Crippen LogP contribution in [0.3, 0.4) is 0 Å². The molecule has 35 heavy (non-hydrogen) atoms. The molecule has 1 saturated carbocycles. The average Bonchev–Trinajstić information content (AvgIpc) is 3.42. The van der Waals surface area contributed by atoms with Crippen LogP contribution in [0.1, 0.15) is 59.4 Å². The van der Waals surface area contributed by atoms with Gasteiger partial charge in [0.2, 0.25) is 5.91 Å². The minimum Gasteiger partial charge on any atom is -0.465 e. The highest BCUT2D eigenvalue weighted by Gasteiger charge is 2.24. The van der Waals surface area contributed by atoms with Gasteiger partial charge in [0, 0.05) is 24.4 Å². The number of carbonyl (C=O) groups excluding carboxylic acids is 2. The van der Waals surface area contributed by atoms with Crippen molar-refractivity contribution in [1.29, 1.82) is 0 Å². The molecular formula is C26H32N4O3S2. The van der Waals surface area contributed by atoms with Gasteiger partial charge in [0.15, 0.2) is 5.16 Å². The lowest BCUT2D eigenvalue weighted by atomic mass is 9.87. The third-order valence-corrected chi connectivity index (χ3v) is 8.49. The Kier molecular flexibility index (Phi) is 8.28. The molecule has 2 heterocycles. The maximum absolute atomic E-state index is 12.8. The highest BCUT2D eigenvalue weighted by molar-refractivity contribution is 7.99. The molecule has 1 amide bonds. The lowest BCUT2D eigenvalue weighted by molar-refractivity contribution is -0.113. The van der Waals surface area contributed by atoms with Crippen LogP contribution in [-0.2, 0) is 23.0 Å². The summed E-state index contributed by atoms with van der Waals surface area (Å²) in [4.78, 5) is 25.5. The second-order valence-electron chi connectivity index (χ2n) is 9.17. The van der Waals surface area contributed by atoms with Crippen molar-refractivity contribution < 1.29 is 14.3 Å². The summed E-state index contributed by atoms with van der Waals surface area (Å²) in [5, 5.41) is 14.7. The van der Waals surface area contributed by atoms with Crippen molar-refractivity contribution in [1.82, 2.24) is 14.8 Å². The van der Waals surface area contributed by atoms with Crippen molar-refractivity contribution in [2.45, 2.75) is 57.5 Å². The first-order valence-electron chi connectivity index (χ1n) is 12.0. The largest absolute Gasteiger partial charge is 0.465 e. The maximum atomic E-state index is 12.8. The Morgan fingerprint density at radius 3 is 2.69 bits per heavy atom. The van der Waals surface area contributed by atoms with Crippen molar-refractivity contribution in [3.05, 3.63) is 46.1 Å². The van der Waals surface area contributed by atoms with E-state index in [-0.39, 0.29) is 11.7 Å². The standard InChI is InChI=1S/C26H32N4O3S2/c1-16-10-11-17(2)19(12-16)20-14-34-24(23(20)25(32)33-4)27-22(31)15-35-26-29-28-21(30(26)3)13-18-8-6-5-7-9-18/h10-12,14,18H,5-9,13,15H2,1-4H3,(H,27,31). The summed E-state index contributed by atoms with van der Waals surface area (Å²) in [5.41, 5.74) is 4.27. The summed E-state index contributed by atoms with van der Waals surface area (Å²) >= 11 is 2.68. The van der Waals surface area contributed by atoms with Gasteiger partial charge in [-0.3, -0.25) is 4.79 Å². The summed E-state index contributed by atoms with van der Waals surface area (Å²) in [5.74, 6) is 1.16. The fourth-order valence-corrected chi connectivity index (χ4v) is 6.26. The molecule has 0 radical (unpaired) electrons. The normalized spacial score (nSPS) is 14.2. The maximum Gasteiger partial charge on any atom is 0.341 e. The number of thioether (sulfide) groups is 1. The van der Waals surface area contributed by atoms with Crippen LogP contribution in [0.2, 0.25) is 0 Å². The van der Waals surface area contributed by atoms with E-state index in [1.54, 1.807) is 0 Å². The lowest BCUT2D eigenvalue weighted by Gasteiger charge is -2.20. The van der Waals surface area contributed by atoms with Gasteiger partial charge in [-0.1, -0.05) is 67.6 Å². The zero-order valence-corrected chi connectivity index (χ0v) is 22.4. The molecule has 186 valence electrons. The first kappa shape index (κ1) is 25.4. The van der Waals surface area contributed by atoms with Crippen LogP contribution in [0.4, 0.5) is 5.00 Å². The third kappa shape index (κ3) is 5.95. The molecule has 0 aliphatic heterocycles. The number of benzene rings is 1. The van der Waals surface area contributed by atoms with E-state index < -0.39 is 5.97 Å². The molecule has 7 nitrogen and oxygen atoms in total. The summed E-state index contributed by atoms with van der Waals surface area (Å²) in [6.45, 7) is 4.02. The molecule has 1 aliphatic rings. The Labute approximate surface area is 214 Å². The number of carbonyl (C=O) groups is 2. The highest BCUT2D eigenvalue weighted by Crippen LogP contribution is 2.38. The molecule has 1 fully saturated rings. The second kappa shape index (κ2) is 11.4. The molecule has 1 aromatic carbocycles. The minimum atomic E-state index is -0.467. The van der Waals surface area contributed by atoms with Crippen molar-refractivity contribution in [3.63, 3.8) is 0 Å². The van der Waals surface area contributed by atoms with Gasteiger partial charge in [0.05, 0.1) is 12.9 Å². The zero-order valence-electron chi connectivity index (χ0n) is 20.7. The number of anilines is 1. The van der Waals surface area contributed by atoms with Crippen molar-refractivity contribution in [2.24, 2.45) is 13.0 Å². The quantitative estimate of drug-likeness (QED) is 0.303. The molecule has 9 heteroatoms. The first-order chi connectivity index (χ1) is 16.9. The minimum absolute atomic E-state index is 0.173. The van der Waals surface area contributed by atoms with E-state index in [0.717, 1.165) is 39.7 Å². The van der Waals surface area contributed by atoms with Crippen LogP contribution in [0.5, 0.6) is 0 Å². The number of esters is 1. The molecule has 4 rings (SSSR count). The number of hydrogen-bond donors (Lipinski definition) is 1. The van der Waals surface area contributed by atoms with E-state index in [9.17, 15) is 9.59 Å². The van der Waals surface area contributed by atoms with Gasteiger partial charge in [0.25, 0.3) is 0 Å². The van der Waals surface area contributed by atoms with Gasteiger partial charge in [0.1, 0.15) is 16.4 Å². The molecule has 0 atom stereocenters. The van der Waals surface area contributed by atoms with E-state index in [1.807, 2.05) is 49.0 Å². The van der Waals surface area contributed by atoms with Gasteiger partial charge in [-0.05, 0) is 30.9 Å².